The van der Waals surface area contributed by atoms with E-state index in [9.17, 15) is 14.9 Å². The number of amides is 1. The van der Waals surface area contributed by atoms with Crippen molar-refractivity contribution in [3.05, 3.63) is 94.0 Å². The Hall–Kier alpha value is -4.07. The smallest absolute Gasteiger partial charge is 0.274 e. The maximum atomic E-state index is 13.0. The summed E-state index contributed by atoms with van der Waals surface area (Å²) >= 11 is 0. The van der Waals surface area contributed by atoms with Gasteiger partial charge in [0.2, 0.25) is 0 Å². The van der Waals surface area contributed by atoms with Crippen LogP contribution in [0.5, 0.6) is 17.2 Å². The van der Waals surface area contributed by atoms with Crippen molar-refractivity contribution in [3.63, 3.8) is 0 Å². The van der Waals surface area contributed by atoms with Crippen molar-refractivity contribution in [2.45, 2.75) is 13.5 Å². The molecule has 0 radical (unpaired) electrons. The molecule has 0 saturated carbocycles. The molecule has 0 aromatic heterocycles. The molecule has 8 heteroatoms. The van der Waals surface area contributed by atoms with Crippen LogP contribution in [0.3, 0.4) is 0 Å². The van der Waals surface area contributed by atoms with Crippen molar-refractivity contribution < 1.29 is 23.9 Å². The number of nitro benzene ring substituents is 1. The number of ether oxygens (including phenoxy) is 3. The Kier molecular flexibility index (Phi) is 8.24. The van der Waals surface area contributed by atoms with Crippen molar-refractivity contribution in [1.82, 2.24) is 4.90 Å². The summed E-state index contributed by atoms with van der Waals surface area (Å²) in [6, 6.07) is 20.8. The molecule has 3 aromatic carbocycles. The Labute approximate surface area is 192 Å². The zero-order chi connectivity index (χ0) is 23.6. The second-order valence-electron chi connectivity index (χ2n) is 7.15. The number of benzene rings is 3. The number of hydrogen-bond acceptors (Lipinski definition) is 6. The van der Waals surface area contributed by atoms with E-state index in [1.54, 1.807) is 43.4 Å². The van der Waals surface area contributed by atoms with Crippen molar-refractivity contribution in [2.75, 3.05) is 26.9 Å². The molecule has 0 saturated heterocycles. The highest BCUT2D eigenvalue weighted by atomic mass is 16.6. The van der Waals surface area contributed by atoms with Crippen LogP contribution in [0.4, 0.5) is 5.69 Å². The molecule has 33 heavy (non-hydrogen) atoms. The summed E-state index contributed by atoms with van der Waals surface area (Å²) in [6.45, 7) is 3.02. The van der Waals surface area contributed by atoms with Crippen molar-refractivity contribution in [2.24, 2.45) is 0 Å². The van der Waals surface area contributed by atoms with Crippen molar-refractivity contribution in [3.8, 4) is 17.2 Å². The van der Waals surface area contributed by atoms with Gasteiger partial charge in [0.1, 0.15) is 19.0 Å². The Morgan fingerprint density at radius 1 is 0.909 bits per heavy atom. The third-order valence-corrected chi connectivity index (χ3v) is 4.79. The molecule has 3 aromatic rings. The Morgan fingerprint density at radius 3 is 2.33 bits per heavy atom. The van der Waals surface area contributed by atoms with E-state index in [4.69, 9.17) is 14.2 Å². The largest absolute Gasteiger partial charge is 0.490 e. The second kappa shape index (κ2) is 11.5. The molecular formula is C25H26N2O6. The Bertz CT molecular complexity index is 1090. The average molecular weight is 450 g/mol. The van der Waals surface area contributed by atoms with Gasteiger partial charge in [-0.15, -0.1) is 0 Å². The second-order valence-corrected chi connectivity index (χ2v) is 7.15. The van der Waals surface area contributed by atoms with Crippen LogP contribution in [0.2, 0.25) is 0 Å². The van der Waals surface area contributed by atoms with Gasteiger partial charge in [-0.25, -0.2) is 0 Å². The van der Waals surface area contributed by atoms with Gasteiger partial charge < -0.3 is 19.1 Å². The number of carbonyl (C=O) groups is 1. The maximum absolute atomic E-state index is 13.0. The lowest BCUT2D eigenvalue weighted by atomic mass is 10.1. The highest BCUT2D eigenvalue weighted by Gasteiger charge is 2.19. The van der Waals surface area contributed by atoms with Gasteiger partial charge in [0.05, 0.1) is 18.1 Å². The van der Waals surface area contributed by atoms with Gasteiger partial charge >= 0.3 is 0 Å². The van der Waals surface area contributed by atoms with Crippen molar-refractivity contribution in [1.29, 1.82) is 0 Å². The van der Waals surface area contributed by atoms with Gasteiger partial charge in [0, 0.05) is 24.2 Å². The third kappa shape index (κ3) is 6.46. The van der Waals surface area contributed by atoms with Gasteiger partial charge in [0.15, 0.2) is 11.5 Å². The molecule has 0 aliphatic rings. The molecule has 8 nitrogen and oxygen atoms in total. The van der Waals surface area contributed by atoms with Crippen LogP contribution in [0.1, 0.15) is 22.8 Å². The van der Waals surface area contributed by atoms with E-state index in [-0.39, 0.29) is 18.1 Å². The molecule has 1 amide bonds. The lowest BCUT2D eigenvalue weighted by molar-refractivity contribution is -0.385. The van der Waals surface area contributed by atoms with Gasteiger partial charge in [0.25, 0.3) is 11.6 Å². The number of nitro groups is 1. The molecule has 3 rings (SSSR count). The lowest BCUT2D eigenvalue weighted by Crippen LogP contribution is -2.26. The number of para-hydroxylation sites is 2. The predicted octanol–water partition coefficient (Wildman–Crippen LogP) is 4.72. The molecule has 0 aliphatic heterocycles. The molecule has 0 bridgehead atoms. The summed E-state index contributed by atoms with van der Waals surface area (Å²) in [5, 5.41) is 11.2. The maximum Gasteiger partial charge on any atom is 0.274 e. The van der Waals surface area contributed by atoms with E-state index in [1.807, 2.05) is 37.3 Å². The number of carbonyl (C=O) groups excluding carboxylic acids is 1. The fraction of sp³-hybridized carbons (Fsp3) is 0.240. The summed E-state index contributed by atoms with van der Waals surface area (Å²) < 4.78 is 17.1. The molecule has 0 N–H and O–H groups in total. The van der Waals surface area contributed by atoms with E-state index in [0.29, 0.717) is 42.4 Å². The Morgan fingerprint density at radius 2 is 1.61 bits per heavy atom. The zero-order valence-corrected chi connectivity index (χ0v) is 18.6. The summed E-state index contributed by atoms with van der Waals surface area (Å²) in [5.41, 5.74) is 0.836. The first-order valence-electron chi connectivity index (χ1n) is 10.5. The number of rotatable bonds is 11. The van der Waals surface area contributed by atoms with Gasteiger partial charge in [-0.05, 0) is 37.3 Å². The highest BCUT2D eigenvalue weighted by Crippen LogP contribution is 2.29. The molecule has 172 valence electrons. The standard InChI is InChI=1S/C25H26N2O6/c1-3-31-24-17-19(13-14-23(24)33-16-15-32-21-10-5-4-6-11-21)25(28)26(2)18-20-9-7-8-12-22(20)27(29)30/h4-14,17H,3,15-16,18H2,1-2H3. The summed E-state index contributed by atoms with van der Waals surface area (Å²) in [5.74, 6) is 1.43. The van der Waals surface area contributed by atoms with Gasteiger partial charge in [-0.1, -0.05) is 36.4 Å². The topological polar surface area (TPSA) is 91.1 Å². The van der Waals surface area contributed by atoms with Crippen LogP contribution in [0.25, 0.3) is 0 Å². The van der Waals surface area contributed by atoms with E-state index in [1.165, 1.54) is 11.0 Å². The zero-order valence-electron chi connectivity index (χ0n) is 18.6. The summed E-state index contributed by atoms with van der Waals surface area (Å²) in [6.07, 6.45) is 0. The first-order valence-corrected chi connectivity index (χ1v) is 10.5. The highest BCUT2D eigenvalue weighted by molar-refractivity contribution is 5.94. The fourth-order valence-corrected chi connectivity index (χ4v) is 3.23. The molecule has 0 fully saturated rings. The molecule has 0 atom stereocenters. The summed E-state index contributed by atoms with van der Waals surface area (Å²) in [7, 11) is 1.60. The minimum Gasteiger partial charge on any atom is -0.490 e. The first-order chi connectivity index (χ1) is 16.0. The van der Waals surface area contributed by atoms with E-state index >= 15 is 0 Å². The Balaban J connectivity index is 1.65. The van der Waals surface area contributed by atoms with Crippen LogP contribution in [0.15, 0.2) is 72.8 Å². The van der Waals surface area contributed by atoms with E-state index in [2.05, 4.69) is 0 Å². The number of nitrogens with zero attached hydrogens (tertiary/aromatic N) is 2. The summed E-state index contributed by atoms with van der Waals surface area (Å²) in [4.78, 5) is 25.2. The molecule has 0 spiro atoms. The third-order valence-electron chi connectivity index (χ3n) is 4.79. The lowest BCUT2D eigenvalue weighted by Gasteiger charge is -2.19. The van der Waals surface area contributed by atoms with Crippen LogP contribution >= 0.6 is 0 Å². The average Bonchev–Trinajstić information content (AvgIpc) is 2.83. The van der Waals surface area contributed by atoms with Crippen molar-refractivity contribution >= 4 is 11.6 Å². The quantitative estimate of drug-likeness (QED) is 0.238. The fourth-order valence-electron chi connectivity index (χ4n) is 3.23. The van der Waals surface area contributed by atoms with Crippen LogP contribution in [-0.4, -0.2) is 42.6 Å². The van der Waals surface area contributed by atoms with E-state index < -0.39 is 4.92 Å². The molecule has 0 unspecified atom stereocenters. The number of hydrogen-bond donors (Lipinski definition) is 0. The molecule has 0 aliphatic carbocycles. The van der Waals surface area contributed by atoms with Crippen LogP contribution in [0, 0.1) is 10.1 Å². The van der Waals surface area contributed by atoms with E-state index in [0.717, 1.165) is 5.75 Å². The van der Waals surface area contributed by atoms with Gasteiger partial charge in [-0.2, -0.15) is 0 Å². The molecule has 0 heterocycles. The minimum absolute atomic E-state index is 0.0198. The van der Waals surface area contributed by atoms with Gasteiger partial charge in [-0.3, -0.25) is 14.9 Å². The predicted molar refractivity (Wildman–Crippen MR) is 124 cm³/mol. The first kappa shape index (κ1) is 23.6. The van der Waals surface area contributed by atoms with Crippen LogP contribution < -0.4 is 14.2 Å². The monoisotopic (exact) mass is 450 g/mol. The minimum atomic E-state index is -0.450. The van der Waals surface area contributed by atoms with Crippen LogP contribution in [-0.2, 0) is 6.54 Å². The normalized spacial score (nSPS) is 10.4. The molecular weight excluding hydrogens is 424 g/mol. The SMILES string of the molecule is CCOc1cc(C(=O)N(C)Cc2ccccc2[N+](=O)[O-])ccc1OCCOc1ccccc1.